The first kappa shape index (κ1) is 15.5. The lowest BCUT2D eigenvalue weighted by Gasteiger charge is -2.18. The maximum Gasteiger partial charge on any atom is 0.231 e. The van der Waals surface area contributed by atoms with Crippen molar-refractivity contribution in [1.82, 2.24) is 14.5 Å². The molecular formula is C19H19N3O3. The third-order valence-corrected chi connectivity index (χ3v) is 4.38. The van der Waals surface area contributed by atoms with Crippen LogP contribution in [0.4, 0.5) is 0 Å². The first-order valence-electron chi connectivity index (χ1n) is 8.23. The number of hydrogen-bond acceptors (Lipinski definition) is 4. The van der Waals surface area contributed by atoms with E-state index < -0.39 is 0 Å². The summed E-state index contributed by atoms with van der Waals surface area (Å²) in [4.78, 5) is 18.5. The smallest absolute Gasteiger partial charge is 0.231 e. The molecule has 0 atom stereocenters. The fourth-order valence-electron chi connectivity index (χ4n) is 3.00. The number of carbonyl (C=O) groups excluding carboxylic acids is 1. The number of rotatable bonds is 5. The minimum absolute atomic E-state index is 0.0930. The zero-order chi connectivity index (χ0) is 17.2. The molecule has 0 aliphatic carbocycles. The number of hydrogen-bond donors (Lipinski definition) is 0. The number of nitrogens with zero attached hydrogens (tertiary/aromatic N) is 3. The number of ether oxygens (including phenoxy) is 2. The Kier molecular flexibility index (Phi) is 4.01. The molecule has 0 unspecified atom stereocenters. The van der Waals surface area contributed by atoms with Gasteiger partial charge in [0.1, 0.15) is 0 Å². The van der Waals surface area contributed by atoms with Crippen molar-refractivity contribution >= 4 is 16.9 Å². The molecule has 25 heavy (non-hydrogen) atoms. The fourth-order valence-corrected chi connectivity index (χ4v) is 3.00. The topological polar surface area (TPSA) is 56.6 Å². The van der Waals surface area contributed by atoms with Crippen LogP contribution in [0.25, 0.3) is 11.0 Å². The summed E-state index contributed by atoms with van der Waals surface area (Å²) in [7, 11) is 1.82. The highest BCUT2D eigenvalue weighted by Crippen LogP contribution is 2.32. The quantitative estimate of drug-likeness (QED) is 0.718. The van der Waals surface area contributed by atoms with Gasteiger partial charge in [0, 0.05) is 26.6 Å². The summed E-state index contributed by atoms with van der Waals surface area (Å²) in [6.07, 6.45) is 2.22. The molecule has 4 rings (SSSR count). The summed E-state index contributed by atoms with van der Waals surface area (Å²) < 4.78 is 12.7. The molecule has 0 saturated carbocycles. The number of aromatic nitrogens is 2. The van der Waals surface area contributed by atoms with Gasteiger partial charge < -0.3 is 18.9 Å². The summed E-state index contributed by atoms with van der Waals surface area (Å²) in [5.74, 6) is 1.59. The van der Waals surface area contributed by atoms with Crippen LogP contribution in [0.5, 0.6) is 11.5 Å². The van der Waals surface area contributed by atoms with Crippen LogP contribution in [0.15, 0.2) is 48.8 Å². The van der Waals surface area contributed by atoms with Gasteiger partial charge >= 0.3 is 0 Å². The fraction of sp³-hybridized carbons (Fsp3) is 0.263. The lowest BCUT2D eigenvalue weighted by atomic mass is 10.2. The Morgan fingerprint density at radius 2 is 2.04 bits per heavy atom. The third-order valence-electron chi connectivity index (χ3n) is 4.38. The van der Waals surface area contributed by atoms with E-state index in [0.717, 1.165) is 28.1 Å². The molecule has 6 heteroatoms. The van der Waals surface area contributed by atoms with E-state index >= 15 is 0 Å². The van der Waals surface area contributed by atoms with Gasteiger partial charge in [-0.15, -0.1) is 0 Å². The highest BCUT2D eigenvalue weighted by molar-refractivity contribution is 5.77. The molecule has 0 saturated heterocycles. The summed E-state index contributed by atoms with van der Waals surface area (Å²) in [6, 6.07) is 13.7. The maximum absolute atomic E-state index is 12.4. The Balaban J connectivity index is 1.37. The van der Waals surface area contributed by atoms with Crippen LogP contribution in [-0.2, 0) is 17.9 Å². The third kappa shape index (κ3) is 3.15. The van der Waals surface area contributed by atoms with E-state index in [0.29, 0.717) is 19.5 Å². The molecule has 1 amide bonds. The van der Waals surface area contributed by atoms with Crippen molar-refractivity contribution in [1.29, 1.82) is 0 Å². The zero-order valence-electron chi connectivity index (χ0n) is 14.0. The highest BCUT2D eigenvalue weighted by atomic mass is 16.7. The van der Waals surface area contributed by atoms with E-state index in [9.17, 15) is 4.79 Å². The van der Waals surface area contributed by atoms with Crippen molar-refractivity contribution in [3.05, 3.63) is 54.4 Å². The van der Waals surface area contributed by atoms with Gasteiger partial charge in [-0.25, -0.2) is 4.98 Å². The Hall–Kier alpha value is -3.02. The minimum atomic E-state index is 0.0930. The van der Waals surface area contributed by atoms with E-state index in [2.05, 4.69) is 4.98 Å². The van der Waals surface area contributed by atoms with Crippen LogP contribution < -0.4 is 9.47 Å². The number of carbonyl (C=O) groups is 1. The first-order valence-corrected chi connectivity index (χ1v) is 8.23. The lowest BCUT2D eigenvalue weighted by molar-refractivity contribution is -0.130. The molecule has 6 nitrogen and oxygen atoms in total. The van der Waals surface area contributed by atoms with Crippen LogP contribution in [0.3, 0.4) is 0 Å². The second-order valence-electron chi connectivity index (χ2n) is 6.11. The average Bonchev–Trinajstić information content (AvgIpc) is 3.26. The number of benzene rings is 2. The monoisotopic (exact) mass is 337 g/mol. The second kappa shape index (κ2) is 6.47. The Labute approximate surface area is 145 Å². The van der Waals surface area contributed by atoms with E-state index in [1.54, 1.807) is 11.2 Å². The molecule has 0 N–H and O–H groups in total. The Bertz CT molecular complexity index is 919. The molecule has 0 radical (unpaired) electrons. The van der Waals surface area contributed by atoms with Gasteiger partial charge in [0.2, 0.25) is 12.7 Å². The van der Waals surface area contributed by atoms with Crippen molar-refractivity contribution in [3.8, 4) is 11.5 Å². The predicted molar refractivity (Wildman–Crippen MR) is 93.4 cm³/mol. The van der Waals surface area contributed by atoms with Crippen molar-refractivity contribution in [2.75, 3.05) is 13.8 Å². The molecule has 128 valence electrons. The summed E-state index contributed by atoms with van der Waals surface area (Å²) in [5, 5.41) is 0. The summed E-state index contributed by atoms with van der Waals surface area (Å²) in [6.45, 7) is 1.41. The Morgan fingerprint density at radius 1 is 1.20 bits per heavy atom. The number of imidazole rings is 1. The van der Waals surface area contributed by atoms with E-state index in [4.69, 9.17) is 9.47 Å². The molecule has 2 heterocycles. The van der Waals surface area contributed by atoms with Crippen LogP contribution >= 0.6 is 0 Å². The van der Waals surface area contributed by atoms with Crippen molar-refractivity contribution in [2.45, 2.75) is 19.5 Å². The molecule has 1 aliphatic rings. The van der Waals surface area contributed by atoms with Crippen LogP contribution in [0.1, 0.15) is 12.0 Å². The van der Waals surface area contributed by atoms with Gasteiger partial charge in [-0.05, 0) is 29.8 Å². The Morgan fingerprint density at radius 3 is 2.96 bits per heavy atom. The van der Waals surface area contributed by atoms with Crippen LogP contribution in [0.2, 0.25) is 0 Å². The van der Waals surface area contributed by atoms with Gasteiger partial charge in [0.15, 0.2) is 11.5 Å². The first-order chi connectivity index (χ1) is 12.2. The minimum Gasteiger partial charge on any atom is -0.454 e. The second-order valence-corrected chi connectivity index (χ2v) is 6.11. The zero-order valence-corrected chi connectivity index (χ0v) is 14.0. The molecular weight excluding hydrogens is 318 g/mol. The van der Waals surface area contributed by atoms with E-state index in [1.807, 2.05) is 54.1 Å². The standard InChI is InChI=1S/C19H19N3O3/c1-21(11-14-6-7-17-18(10-14)25-13-24-17)19(23)8-9-22-12-20-15-4-2-3-5-16(15)22/h2-7,10,12H,8-9,11,13H2,1H3. The average molecular weight is 337 g/mol. The number of amides is 1. The maximum atomic E-state index is 12.4. The molecule has 0 bridgehead atoms. The molecule has 2 aromatic carbocycles. The van der Waals surface area contributed by atoms with E-state index in [1.165, 1.54) is 0 Å². The molecule has 3 aromatic rings. The van der Waals surface area contributed by atoms with Crippen LogP contribution in [0, 0.1) is 0 Å². The van der Waals surface area contributed by atoms with Gasteiger partial charge in [-0.3, -0.25) is 4.79 Å². The van der Waals surface area contributed by atoms with E-state index in [-0.39, 0.29) is 12.7 Å². The van der Waals surface area contributed by atoms with Crippen molar-refractivity contribution < 1.29 is 14.3 Å². The summed E-state index contributed by atoms with van der Waals surface area (Å²) in [5.41, 5.74) is 3.02. The normalized spacial score (nSPS) is 12.5. The van der Waals surface area contributed by atoms with Gasteiger partial charge in [-0.1, -0.05) is 18.2 Å². The van der Waals surface area contributed by atoms with Gasteiger partial charge in [-0.2, -0.15) is 0 Å². The van der Waals surface area contributed by atoms with Gasteiger partial charge in [0.25, 0.3) is 0 Å². The molecule has 1 aromatic heterocycles. The highest BCUT2D eigenvalue weighted by Gasteiger charge is 2.15. The number of aryl methyl sites for hydroxylation is 1. The molecule has 0 fully saturated rings. The van der Waals surface area contributed by atoms with Crippen molar-refractivity contribution in [2.24, 2.45) is 0 Å². The number of fused-ring (bicyclic) bond motifs is 2. The largest absolute Gasteiger partial charge is 0.454 e. The van der Waals surface area contributed by atoms with Crippen molar-refractivity contribution in [3.63, 3.8) is 0 Å². The SMILES string of the molecule is CN(Cc1ccc2c(c1)OCO2)C(=O)CCn1cnc2ccccc21. The molecule has 1 aliphatic heterocycles. The van der Waals surface area contributed by atoms with Gasteiger partial charge in [0.05, 0.1) is 17.4 Å². The predicted octanol–water partition coefficient (Wildman–Crippen LogP) is 2.81. The number of para-hydroxylation sites is 2. The molecule has 0 spiro atoms. The lowest BCUT2D eigenvalue weighted by Crippen LogP contribution is -2.27. The summed E-state index contributed by atoms with van der Waals surface area (Å²) >= 11 is 0. The van der Waals surface area contributed by atoms with Crippen LogP contribution in [-0.4, -0.2) is 34.2 Å².